The fourth-order valence-electron chi connectivity index (χ4n) is 3.63. The lowest BCUT2D eigenvalue weighted by molar-refractivity contribution is 0.102. The molecule has 3 aromatic carbocycles. The summed E-state index contributed by atoms with van der Waals surface area (Å²) >= 11 is 6.23. The van der Waals surface area contributed by atoms with Crippen LogP contribution in [0.4, 0.5) is 5.69 Å². The van der Waals surface area contributed by atoms with Crippen LogP contribution in [0.3, 0.4) is 0 Å². The summed E-state index contributed by atoms with van der Waals surface area (Å²) in [6.45, 7) is 4.95. The van der Waals surface area contributed by atoms with Crippen LogP contribution in [0.1, 0.15) is 21.8 Å². The van der Waals surface area contributed by atoms with Gasteiger partial charge in [-0.2, -0.15) is 4.98 Å². The number of hydrogen-bond donors (Lipinski definition) is 1. The van der Waals surface area contributed by atoms with Crippen molar-refractivity contribution < 1.29 is 14.1 Å². The quantitative estimate of drug-likeness (QED) is 0.333. The number of halogens is 1. The summed E-state index contributed by atoms with van der Waals surface area (Å²) in [5.74, 6) is 1.29. The fraction of sp³-hybridized carbons (Fsp3) is 0.222. The summed E-state index contributed by atoms with van der Waals surface area (Å²) in [4.78, 5) is 19.4. The Morgan fingerprint density at radius 1 is 1.06 bits per heavy atom. The van der Waals surface area contributed by atoms with Gasteiger partial charge < -0.3 is 19.5 Å². The molecule has 1 heterocycles. The molecule has 0 atom stereocenters. The third-order valence-electron chi connectivity index (χ3n) is 5.47. The third-order valence-corrected chi connectivity index (χ3v) is 5.80. The number of para-hydroxylation sites is 1. The standard InChI is InChI=1S/C27H27ClN4O3/c1-17-15-20(26-29-18(2)35-31-26)10-11-21(17)19-9-12-22(25(16-19)34-14-13-32(3)4)27(33)30-24-8-6-5-7-23(24)28/h5-12,15-16H,13-14H2,1-4H3,(H,30,33). The number of hydrogen-bond acceptors (Lipinski definition) is 6. The lowest BCUT2D eigenvalue weighted by atomic mass is 9.96. The molecule has 4 rings (SSSR count). The second-order valence-electron chi connectivity index (χ2n) is 8.46. The smallest absolute Gasteiger partial charge is 0.259 e. The monoisotopic (exact) mass is 490 g/mol. The highest BCUT2D eigenvalue weighted by molar-refractivity contribution is 6.33. The molecule has 8 heteroatoms. The lowest BCUT2D eigenvalue weighted by Crippen LogP contribution is -2.21. The SMILES string of the molecule is Cc1nc(-c2ccc(-c3ccc(C(=O)Nc4ccccc4Cl)c(OCCN(C)C)c3)c(C)c2)no1. The van der Waals surface area contributed by atoms with Gasteiger partial charge in [0.1, 0.15) is 12.4 Å². The van der Waals surface area contributed by atoms with E-state index in [1.165, 1.54) is 0 Å². The van der Waals surface area contributed by atoms with Crippen LogP contribution in [0.25, 0.3) is 22.5 Å². The largest absolute Gasteiger partial charge is 0.491 e. The Labute approximate surface area is 209 Å². The van der Waals surface area contributed by atoms with Crippen molar-refractivity contribution in [1.82, 2.24) is 15.0 Å². The highest BCUT2D eigenvalue weighted by Crippen LogP contribution is 2.32. The zero-order valence-corrected chi connectivity index (χ0v) is 20.9. The Balaban J connectivity index is 1.65. The summed E-state index contributed by atoms with van der Waals surface area (Å²) in [6, 6.07) is 18.7. The van der Waals surface area contributed by atoms with E-state index in [2.05, 4.69) is 15.5 Å². The van der Waals surface area contributed by atoms with Gasteiger partial charge in [-0.15, -0.1) is 0 Å². The zero-order valence-electron chi connectivity index (χ0n) is 20.1. The molecule has 0 aliphatic carbocycles. The van der Waals surface area contributed by atoms with Gasteiger partial charge in [-0.05, 0) is 68.0 Å². The molecule has 4 aromatic rings. The van der Waals surface area contributed by atoms with Crippen LogP contribution in [-0.2, 0) is 0 Å². The van der Waals surface area contributed by atoms with E-state index < -0.39 is 0 Å². The zero-order chi connectivity index (χ0) is 24.9. The molecule has 0 saturated heterocycles. The summed E-state index contributed by atoms with van der Waals surface area (Å²) in [6.07, 6.45) is 0. The number of carbonyl (C=O) groups is 1. The van der Waals surface area contributed by atoms with E-state index in [4.69, 9.17) is 20.9 Å². The second-order valence-corrected chi connectivity index (χ2v) is 8.87. The van der Waals surface area contributed by atoms with E-state index in [-0.39, 0.29) is 5.91 Å². The van der Waals surface area contributed by atoms with Crippen molar-refractivity contribution in [2.45, 2.75) is 13.8 Å². The number of ether oxygens (including phenoxy) is 1. The first-order valence-electron chi connectivity index (χ1n) is 11.2. The van der Waals surface area contributed by atoms with Gasteiger partial charge in [0.15, 0.2) is 0 Å². The molecule has 0 radical (unpaired) electrons. The number of carbonyl (C=O) groups excluding carboxylic acids is 1. The van der Waals surface area contributed by atoms with Crippen molar-refractivity contribution >= 4 is 23.2 Å². The van der Waals surface area contributed by atoms with Crippen LogP contribution >= 0.6 is 11.6 Å². The lowest BCUT2D eigenvalue weighted by Gasteiger charge is -2.16. The normalized spacial score (nSPS) is 11.0. The van der Waals surface area contributed by atoms with Gasteiger partial charge in [0, 0.05) is 19.0 Å². The summed E-state index contributed by atoms with van der Waals surface area (Å²) in [5.41, 5.74) is 4.85. The van der Waals surface area contributed by atoms with E-state index in [1.54, 1.807) is 25.1 Å². The number of benzene rings is 3. The predicted molar refractivity (Wildman–Crippen MR) is 138 cm³/mol. The van der Waals surface area contributed by atoms with Gasteiger partial charge in [0.2, 0.25) is 11.7 Å². The third kappa shape index (κ3) is 5.88. The van der Waals surface area contributed by atoms with Gasteiger partial charge >= 0.3 is 0 Å². The van der Waals surface area contributed by atoms with Crippen LogP contribution in [0.2, 0.25) is 5.02 Å². The van der Waals surface area contributed by atoms with Crippen molar-refractivity contribution in [3.05, 3.63) is 82.7 Å². The molecule has 7 nitrogen and oxygen atoms in total. The summed E-state index contributed by atoms with van der Waals surface area (Å²) < 4.78 is 11.2. The summed E-state index contributed by atoms with van der Waals surface area (Å²) in [5, 5.41) is 7.35. The van der Waals surface area contributed by atoms with Crippen LogP contribution in [0.15, 0.2) is 65.2 Å². The molecule has 1 N–H and O–H groups in total. The minimum absolute atomic E-state index is 0.288. The minimum Gasteiger partial charge on any atom is -0.491 e. The van der Waals surface area contributed by atoms with Crippen molar-refractivity contribution in [1.29, 1.82) is 0 Å². The molecule has 0 unspecified atom stereocenters. The van der Waals surface area contributed by atoms with E-state index >= 15 is 0 Å². The number of nitrogens with one attached hydrogen (secondary N) is 1. The first-order chi connectivity index (χ1) is 16.8. The van der Waals surface area contributed by atoms with Crippen LogP contribution < -0.4 is 10.1 Å². The van der Waals surface area contributed by atoms with Crippen molar-refractivity contribution in [3.8, 4) is 28.3 Å². The average molecular weight is 491 g/mol. The Kier molecular flexibility index (Phi) is 7.48. The Hall–Kier alpha value is -3.68. The minimum atomic E-state index is -0.288. The van der Waals surface area contributed by atoms with Crippen LogP contribution in [0, 0.1) is 13.8 Å². The van der Waals surface area contributed by atoms with E-state index in [1.807, 2.05) is 68.4 Å². The second kappa shape index (κ2) is 10.7. The van der Waals surface area contributed by atoms with E-state index in [9.17, 15) is 4.79 Å². The maximum Gasteiger partial charge on any atom is 0.259 e. The Morgan fingerprint density at radius 3 is 2.51 bits per heavy atom. The summed E-state index contributed by atoms with van der Waals surface area (Å²) in [7, 11) is 3.95. The first-order valence-corrected chi connectivity index (χ1v) is 11.6. The number of anilines is 1. The maximum atomic E-state index is 13.1. The fourth-order valence-corrected chi connectivity index (χ4v) is 3.81. The molecule has 0 saturated carbocycles. The molecule has 1 aromatic heterocycles. The number of amides is 1. The molecular formula is C27H27ClN4O3. The molecule has 0 spiro atoms. The van der Waals surface area contributed by atoms with E-state index in [0.29, 0.717) is 46.9 Å². The van der Waals surface area contributed by atoms with Gasteiger partial charge in [0.05, 0.1) is 16.3 Å². The van der Waals surface area contributed by atoms with Gasteiger partial charge in [0.25, 0.3) is 5.91 Å². The number of likely N-dealkylation sites (N-methyl/N-ethyl adjacent to an activating group) is 1. The molecule has 0 fully saturated rings. The first kappa shape index (κ1) is 24.4. The molecule has 0 bridgehead atoms. The van der Waals surface area contributed by atoms with Gasteiger partial charge in [-0.3, -0.25) is 4.79 Å². The maximum absolute atomic E-state index is 13.1. The van der Waals surface area contributed by atoms with Gasteiger partial charge in [-0.25, -0.2) is 0 Å². The van der Waals surface area contributed by atoms with Crippen molar-refractivity contribution in [2.75, 3.05) is 32.6 Å². The highest BCUT2D eigenvalue weighted by atomic mass is 35.5. The number of aryl methyl sites for hydroxylation is 2. The Bertz CT molecular complexity index is 1350. The predicted octanol–water partition coefficient (Wildman–Crippen LogP) is 5.87. The topological polar surface area (TPSA) is 80.5 Å². The molecule has 0 aliphatic rings. The molecule has 35 heavy (non-hydrogen) atoms. The number of aromatic nitrogens is 2. The van der Waals surface area contributed by atoms with Crippen molar-refractivity contribution in [2.24, 2.45) is 0 Å². The van der Waals surface area contributed by atoms with Gasteiger partial charge in [-0.1, -0.05) is 47.1 Å². The van der Waals surface area contributed by atoms with Crippen molar-refractivity contribution in [3.63, 3.8) is 0 Å². The average Bonchev–Trinajstić information content (AvgIpc) is 3.26. The molecular weight excluding hydrogens is 464 g/mol. The van der Waals surface area contributed by atoms with Crippen LogP contribution in [0.5, 0.6) is 5.75 Å². The van der Waals surface area contributed by atoms with E-state index in [0.717, 1.165) is 22.3 Å². The highest BCUT2D eigenvalue weighted by Gasteiger charge is 2.17. The number of nitrogens with zero attached hydrogens (tertiary/aromatic N) is 3. The number of rotatable bonds is 8. The molecule has 180 valence electrons. The van der Waals surface area contributed by atoms with Crippen LogP contribution in [-0.4, -0.2) is 48.2 Å². The molecule has 0 aliphatic heterocycles. The Morgan fingerprint density at radius 2 is 1.83 bits per heavy atom. The molecule has 1 amide bonds.